The van der Waals surface area contributed by atoms with Crippen LogP contribution in [0.25, 0.3) is 11.3 Å². The van der Waals surface area contributed by atoms with Gasteiger partial charge in [0.2, 0.25) is 11.9 Å². The van der Waals surface area contributed by atoms with Crippen molar-refractivity contribution in [2.75, 3.05) is 18.2 Å². The highest BCUT2D eigenvalue weighted by Gasteiger charge is 2.18. The van der Waals surface area contributed by atoms with E-state index in [0.29, 0.717) is 10.3 Å². The molecule has 2 heterocycles. The van der Waals surface area contributed by atoms with Crippen molar-refractivity contribution in [3.8, 4) is 17.0 Å². The van der Waals surface area contributed by atoms with Crippen molar-refractivity contribution in [3.05, 3.63) is 36.0 Å². The molecule has 8 nitrogen and oxygen atoms in total. The number of para-hydroxylation sites is 1. The number of benzene rings is 1. The van der Waals surface area contributed by atoms with Crippen LogP contribution in [0, 0.1) is 0 Å². The first kappa shape index (κ1) is 18.1. The lowest BCUT2D eigenvalue weighted by Gasteiger charge is -2.09. The SMILES string of the molecule is COc1ccccc1-c1csc(NC(=O)C(C)Sc2ncnc(N)n2)n1. The Bertz CT molecular complexity index is 917. The third-order valence-corrected chi connectivity index (χ3v) is 5.07. The van der Waals surface area contributed by atoms with Gasteiger partial charge in [0.15, 0.2) is 10.3 Å². The first-order chi connectivity index (χ1) is 12.6. The molecular formula is C16H16N6O2S2. The molecule has 0 saturated heterocycles. The fourth-order valence-corrected chi connectivity index (χ4v) is 3.53. The Balaban J connectivity index is 1.67. The zero-order valence-corrected chi connectivity index (χ0v) is 15.7. The van der Waals surface area contributed by atoms with Crippen LogP contribution in [0.5, 0.6) is 5.75 Å². The number of anilines is 2. The van der Waals surface area contributed by atoms with Crippen molar-refractivity contribution in [2.45, 2.75) is 17.3 Å². The fraction of sp³-hybridized carbons (Fsp3) is 0.188. The molecule has 134 valence electrons. The van der Waals surface area contributed by atoms with Crippen LogP contribution in [0.1, 0.15) is 6.92 Å². The molecule has 10 heteroatoms. The highest BCUT2D eigenvalue weighted by atomic mass is 32.2. The molecule has 0 aliphatic carbocycles. The van der Waals surface area contributed by atoms with E-state index in [9.17, 15) is 4.79 Å². The molecule has 1 atom stereocenters. The highest BCUT2D eigenvalue weighted by Crippen LogP contribution is 2.32. The molecule has 3 N–H and O–H groups in total. The molecule has 3 aromatic rings. The second-order valence-corrected chi connectivity index (χ2v) is 7.28. The van der Waals surface area contributed by atoms with E-state index in [1.54, 1.807) is 14.0 Å². The van der Waals surface area contributed by atoms with Gasteiger partial charge >= 0.3 is 0 Å². The summed E-state index contributed by atoms with van der Waals surface area (Å²) in [6, 6.07) is 7.59. The minimum absolute atomic E-state index is 0.122. The molecule has 0 spiro atoms. The lowest BCUT2D eigenvalue weighted by atomic mass is 10.1. The topological polar surface area (TPSA) is 116 Å². The summed E-state index contributed by atoms with van der Waals surface area (Å²) in [4.78, 5) is 28.5. The summed E-state index contributed by atoms with van der Waals surface area (Å²) in [6.45, 7) is 1.76. The number of carbonyl (C=O) groups excluding carboxylic acids is 1. The van der Waals surface area contributed by atoms with Crippen molar-refractivity contribution in [1.82, 2.24) is 19.9 Å². The van der Waals surface area contributed by atoms with Crippen LogP contribution in [-0.4, -0.2) is 38.2 Å². The Kier molecular flexibility index (Phi) is 5.64. The largest absolute Gasteiger partial charge is 0.496 e. The summed E-state index contributed by atoms with van der Waals surface area (Å²) in [6.07, 6.45) is 1.32. The quantitative estimate of drug-likeness (QED) is 0.619. The van der Waals surface area contributed by atoms with Gasteiger partial charge in [-0.1, -0.05) is 23.9 Å². The normalized spacial score (nSPS) is 11.8. The third kappa shape index (κ3) is 4.27. The van der Waals surface area contributed by atoms with Crippen molar-refractivity contribution in [3.63, 3.8) is 0 Å². The van der Waals surface area contributed by atoms with Crippen LogP contribution in [0.2, 0.25) is 0 Å². The van der Waals surface area contributed by atoms with E-state index in [-0.39, 0.29) is 11.9 Å². The maximum Gasteiger partial charge on any atom is 0.239 e. The molecule has 0 aliphatic rings. The van der Waals surface area contributed by atoms with Gasteiger partial charge in [0, 0.05) is 10.9 Å². The van der Waals surface area contributed by atoms with Crippen LogP contribution in [0.15, 0.2) is 41.1 Å². The maximum atomic E-state index is 12.4. The van der Waals surface area contributed by atoms with E-state index in [1.165, 1.54) is 29.4 Å². The second kappa shape index (κ2) is 8.11. The smallest absolute Gasteiger partial charge is 0.239 e. The Morgan fingerprint density at radius 3 is 2.88 bits per heavy atom. The standard InChI is InChI=1S/C16H16N6O2S2/c1-9(26-15-19-8-18-14(17)22-15)13(23)21-16-20-11(7-25-16)10-5-3-4-6-12(10)24-2/h3-9H,1-2H3,(H,20,21,23)(H2,17,18,19,22). The number of nitrogen functional groups attached to an aromatic ring is 1. The Morgan fingerprint density at radius 2 is 2.12 bits per heavy atom. The first-order valence-corrected chi connectivity index (χ1v) is 9.33. The summed E-state index contributed by atoms with van der Waals surface area (Å²) in [5.74, 6) is 0.651. The predicted octanol–water partition coefficient (Wildman–Crippen LogP) is 2.71. The van der Waals surface area contributed by atoms with Crippen molar-refractivity contribution >= 4 is 40.1 Å². The first-order valence-electron chi connectivity index (χ1n) is 7.57. The molecule has 2 aromatic heterocycles. The van der Waals surface area contributed by atoms with E-state index in [1.807, 2.05) is 29.6 Å². The monoisotopic (exact) mass is 388 g/mol. The number of hydrogen-bond acceptors (Lipinski definition) is 9. The summed E-state index contributed by atoms with van der Waals surface area (Å²) in [5.41, 5.74) is 7.14. The second-order valence-electron chi connectivity index (χ2n) is 5.11. The number of nitrogens with two attached hydrogens (primary N) is 1. The number of methoxy groups -OCH3 is 1. The average Bonchev–Trinajstić information content (AvgIpc) is 3.10. The van der Waals surface area contributed by atoms with Gasteiger partial charge < -0.3 is 15.8 Å². The van der Waals surface area contributed by atoms with Gasteiger partial charge in [-0.05, 0) is 19.1 Å². The summed E-state index contributed by atoms with van der Waals surface area (Å²) >= 11 is 2.55. The number of thioether (sulfide) groups is 1. The molecule has 0 fully saturated rings. The van der Waals surface area contributed by atoms with E-state index in [0.717, 1.165) is 17.0 Å². The van der Waals surface area contributed by atoms with Gasteiger partial charge in [0.25, 0.3) is 0 Å². The molecule has 0 bridgehead atoms. The summed E-state index contributed by atoms with van der Waals surface area (Å²) in [7, 11) is 1.61. The van der Waals surface area contributed by atoms with Crippen molar-refractivity contribution < 1.29 is 9.53 Å². The molecule has 3 rings (SSSR count). The average molecular weight is 388 g/mol. The van der Waals surface area contributed by atoms with Gasteiger partial charge in [-0.3, -0.25) is 4.79 Å². The lowest BCUT2D eigenvalue weighted by Crippen LogP contribution is -2.22. The lowest BCUT2D eigenvalue weighted by molar-refractivity contribution is -0.115. The fourth-order valence-electron chi connectivity index (χ4n) is 2.08. The van der Waals surface area contributed by atoms with Gasteiger partial charge in [-0.25, -0.2) is 15.0 Å². The number of ether oxygens (including phenoxy) is 1. The summed E-state index contributed by atoms with van der Waals surface area (Å²) < 4.78 is 5.35. The van der Waals surface area contributed by atoms with Gasteiger partial charge in [0.1, 0.15) is 12.1 Å². The van der Waals surface area contributed by atoms with E-state index in [2.05, 4.69) is 25.3 Å². The molecular weight excluding hydrogens is 372 g/mol. The minimum Gasteiger partial charge on any atom is -0.496 e. The zero-order valence-electron chi connectivity index (χ0n) is 14.0. The van der Waals surface area contributed by atoms with Crippen molar-refractivity contribution in [1.29, 1.82) is 0 Å². The maximum absolute atomic E-state index is 12.4. The third-order valence-electron chi connectivity index (χ3n) is 3.34. The number of nitrogens with one attached hydrogen (secondary N) is 1. The van der Waals surface area contributed by atoms with Crippen LogP contribution in [-0.2, 0) is 4.79 Å². The van der Waals surface area contributed by atoms with Crippen LogP contribution >= 0.6 is 23.1 Å². The Hall–Kier alpha value is -2.72. The molecule has 1 unspecified atom stereocenters. The number of nitrogens with zero attached hydrogens (tertiary/aromatic N) is 4. The zero-order chi connectivity index (χ0) is 18.5. The van der Waals surface area contributed by atoms with E-state index in [4.69, 9.17) is 10.5 Å². The van der Waals surface area contributed by atoms with Crippen LogP contribution < -0.4 is 15.8 Å². The number of thiazole rings is 1. The summed E-state index contributed by atoms with van der Waals surface area (Å²) in [5, 5.41) is 5.17. The van der Waals surface area contributed by atoms with Gasteiger partial charge in [-0.15, -0.1) is 11.3 Å². The Labute approximate surface area is 158 Å². The van der Waals surface area contributed by atoms with E-state index >= 15 is 0 Å². The molecule has 1 aromatic carbocycles. The number of aromatic nitrogens is 4. The molecule has 0 radical (unpaired) electrons. The van der Waals surface area contributed by atoms with Crippen LogP contribution in [0.4, 0.5) is 11.1 Å². The van der Waals surface area contributed by atoms with Crippen molar-refractivity contribution in [2.24, 2.45) is 0 Å². The Morgan fingerprint density at radius 1 is 1.31 bits per heavy atom. The highest BCUT2D eigenvalue weighted by molar-refractivity contribution is 8.00. The molecule has 0 aliphatic heterocycles. The predicted molar refractivity (Wildman–Crippen MR) is 102 cm³/mol. The number of rotatable bonds is 6. The number of amides is 1. The number of carbonyl (C=O) groups is 1. The molecule has 26 heavy (non-hydrogen) atoms. The van der Waals surface area contributed by atoms with Gasteiger partial charge in [-0.2, -0.15) is 4.98 Å². The van der Waals surface area contributed by atoms with Crippen LogP contribution in [0.3, 0.4) is 0 Å². The molecule has 1 amide bonds. The van der Waals surface area contributed by atoms with Gasteiger partial charge in [0.05, 0.1) is 18.1 Å². The number of hydrogen-bond donors (Lipinski definition) is 2. The minimum atomic E-state index is -0.421. The van der Waals surface area contributed by atoms with E-state index < -0.39 is 5.25 Å². The molecule has 0 saturated carbocycles.